The number of hydrogen-bond donors (Lipinski definition) is 0. The molecule has 2 rings (SSSR count). The van der Waals surface area contributed by atoms with Crippen molar-refractivity contribution in [3.8, 4) is 0 Å². The first-order valence-corrected chi connectivity index (χ1v) is 5.40. The van der Waals surface area contributed by atoms with Crippen molar-refractivity contribution in [3.05, 3.63) is 27.9 Å². The normalized spacial score (nSPS) is 11.0. The van der Waals surface area contributed by atoms with Crippen molar-refractivity contribution in [2.75, 3.05) is 0 Å². The van der Waals surface area contributed by atoms with Crippen LogP contribution >= 0.6 is 39.1 Å². The number of hydrogen-bond acceptors (Lipinski definition) is 2. The van der Waals surface area contributed by atoms with Crippen molar-refractivity contribution in [2.45, 2.75) is 5.33 Å². The van der Waals surface area contributed by atoms with Crippen LogP contribution in [0.15, 0.2) is 16.7 Å². The van der Waals surface area contributed by atoms with Gasteiger partial charge in [0.1, 0.15) is 5.69 Å². The Morgan fingerprint density at radius 1 is 1.31 bits per heavy atom. The van der Waals surface area contributed by atoms with Crippen LogP contribution in [0.3, 0.4) is 0 Å². The molecule has 0 aliphatic rings. The summed E-state index contributed by atoms with van der Waals surface area (Å²) in [6.07, 6.45) is 0. The van der Waals surface area contributed by atoms with E-state index < -0.39 is 0 Å². The maximum atomic E-state index is 5.97. The molecule has 0 unspecified atom stereocenters. The number of aromatic nitrogens is 1. The molecule has 0 atom stereocenters. The van der Waals surface area contributed by atoms with Crippen molar-refractivity contribution in [1.29, 1.82) is 0 Å². The molecule has 0 aliphatic carbocycles. The number of benzene rings is 1. The molecule has 1 heterocycles. The zero-order chi connectivity index (χ0) is 9.42. The van der Waals surface area contributed by atoms with Gasteiger partial charge < -0.3 is 4.52 Å². The van der Waals surface area contributed by atoms with Crippen LogP contribution < -0.4 is 0 Å². The highest BCUT2D eigenvalue weighted by molar-refractivity contribution is 9.08. The Morgan fingerprint density at radius 3 is 2.69 bits per heavy atom. The Labute approximate surface area is 92.9 Å². The van der Waals surface area contributed by atoms with E-state index in [1.54, 1.807) is 12.1 Å². The van der Waals surface area contributed by atoms with Crippen LogP contribution in [-0.2, 0) is 5.33 Å². The fraction of sp³-hybridized carbons (Fsp3) is 0.125. The largest absolute Gasteiger partial charge is 0.354 e. The summed E-state index contributed by atoms with van der Waals surface area (Å²) in [5, 5.41) is 6.36. The van der Waals surface area contributed by atoms with Crippen LogP contribution in [0.5, 0.6) is 0 Å². The molecule has 2 aromatic rings. The summed E-state index contributed by atoms with van der Waals surface area (Å²) in [5.74, 6) is 0. The second kappa shape index (κ2) is 3.48. The standard InChI is InChI=1S/C8H4BrCl2NO/c9-3-6-7-4(10)1-2-5(11)8(7)13-12-6/h1-2H,3H2. The predicted octanol–water partition coefficient (Wildman–Crippen LogP) is 4.03. The molecule has 68 valence electrons. The first-order chi connectivity index (χ1) is 6.24. The number of nitrogens with zero attached hydrogens (tertiary/aromatic N) is 1. The van der Waals surface area contributed by atoms with E-state index in [9.17, 15) is 0 Å². The molecule has 5 heteroatoms. The number of fused-ring (bicyclic) bond motifs is 1. The van der Waals surface area contributed by atoms with Gasteiger partial charge in [-0.3, -0.25) is 0 Å². The molecule has 0 bridgehead atoms. The third-order valence-electron chi connectivity index (χ3n) is 1.72. The van der Waals surface area contributed by atoms with Gasteiger partial charge in [0, 0.05) is 5.33 Å². The molecule has 2 nitrogen and oxygen atoms in total. The monoisotopic (exact) mass is 279 g/mol. The molecular formula is C8H4BrCl2NO. The highest BCUT2D eigenvalue weighted by atomic mass is 79.9. The van der Waals surface area contributed by atoms with Gasteiger partial charge >= 0.3 is 0 Å². The second-order valence-corrected chi connectivity index (χ2v) is 3.87. The molecular weight excluding hydrogens is 277 g/mol. The zero-order valence-corrected chi connectivity index (χ0v) is 9.45. The molecule has 0 fully saturated rings. The lowest BCUT2D eigenvalue weighted by Crippen LogP contribution is -1.77. The number of halogens is 3. The fourth-order valence-electron chi connectivity index (χ4n) is 1.13. The fourth-order valence-corrected chi connectivity index (χ4v) is 1.96. The average Bonchev–Trinajstić information content (AvgIpc) is 2.56. The summed E-state index contributed by atoms with van der Waals surface area (Å²) in [6.45, 7) is 0. The smallest absolute Gasteiger partial charge is 0.187 e. The molecule has 0 amide bonds. The van der Waals surface area contributed by atoms with E-state index in [1.165, 1.54) is 0 Å². The van der Waals surface area contributed by atoms with Gasteiger partial charge in [-0.15, -0.1) is 0 Å². The van der Waals surface area contributed by atoms with Crippen molar-refractivity contribution >= 4 is 50.1 Å². The van der Waals surface area contributed by atoms with Gasteiger partial charge in [-0.25, -0.2) is 0 Å². The van der Waals surface area contributed by atoms with Crippen LogP contribution in [0.2, 0.25) is 10.0 Å². The first-order valence-electron chi connectivity index (χ1n) is 3.52. The van der Waals surface area contributed by atoms with Crippen LogP contribution in [0.1, 0.15) is 5.69 Å². The molecule has 13 heavy (non-hydrogen) atoms. The second-order valence-electron chi connectivity index (χ2n) is 2.50. The molecule has 0 saturated heterocycles. The summed E-state index contributed by atoms with van der Waals surface area (Å²) in [7, 11) is 0. The predicted molar refractivity (Wildman–Crippen MR) is 56.7 cm³/mol. The van der Waals surface area contributed by atoms with Crippen molar-refractivity contribution in [2.24, 2.45) is 0 Å². The van der Waals surface area contributed by atoms with Crippen LogP contribution in [-0.4, -0.2) is 5.16 Å². The van der Waals surface area contributed by atoms with Crippen LogP contribution in [0.4, 0.5) is 0 Å². The Hall–Kier alpha value is -0.250. The van der Waals surface area contributed by atoms with Gasteiger partial charge in [0.15, 0.2) is 5.58 Å². The number of rotatable bonds is 1. The minimum absolute atomic E-state index is 0.527. The quantitative estimate of drug-likeness (QED) is 0.737. The van der Waals surface area contributed by atoms with Gasteiger partial charge in [-0.05, 0) is 12.1 Å². The first kappa shape index (κ1) is 9.31. The highest BCUT2D eigenvalue weighted by Crippen LogP contribution is 2.32. The lowest BCUT2D eigenvalue weighted by Gasteiger charge is -1.94. The minimum atomic E-state index is 0.527. The van der Waals surface area contributed by atoms with Gasteiger partial charge in [0.25, 0.3) is 0 Å². The summed E-state index contributed by atoms with van der Waals surface area (Å²) in [4.78, 5) is 0. The Balaban J connectivity index is 2.87. The maximum absolute atomic E-state index is 5.97. The van der Waals surface area contributed by atoms with Crippen LogP contribution in [0.25, 0.3) is 11.0 Å². The van der Waals surface area contributed by atoms with Gasteiger partial charge in [-0.2, -0.15) is 0 Å². The average molecular weight is 281 g/mol. The van der Waals surface area contributed by atoms with E-state index in [2.05, 4.69) is 21.1 Å². The van der Waals surface area contributed by atoms with Crippen LogP contribution in [0, 0.1) is 0 Å². The van der Waals surface area contributed by atoms with Crippen molar-refractivity contribution < 1.29 is 4.52 Å². The summed E-state index contributed by atoms with van der Waals surface area (Å²) in [5.41, 5.74) is 1.31. The molecule has 0 aliphatic heterocycles. The molecule has 0 radical (unpaired) electrons. The van der Waals surface area contributed by atoms with E-state index in [0.717, 1.165) is 11.1 Å². The van der Waals surface area contributed by atoms with Gasteiger partial charge in [0.05, 0.1) is 15.4 Å². The molecule has 1 aromatic carbocycles. The Morgan fingerprint density at radius 2 is 2.00 bits per heavy atom. The van der Waals surface area contributed by atoms with Crippen molar-refractivity contribution in [1.82, 2.24) is 5.16 Å². The minimum Gasteiger partial charge on any atom is -0.354 e. The van der Waals surface area contributed by atoms with Crippen molar-refractivity contribution in [3.63, 3.8) is 0 Å². The Bertz CT molecular complexity index is 455. The SMILES string of the molecule is Clc1ccc(Cl)c2c(CBr)noc12. The van der Waals surface area contributed by atoms with E-state index in [-0.39, 0.29) is 0 Å². The lowest BCUT2D eigenvalue weighted by molar-refractivity contribution is 0.450. The summed E-state index contributed by atoms with van der Waals surface area (Å²) < 4.78 is 5.06. The molecule has 1 aromatic heterocycles. The summed E-state index contributed by atoms with van der Waals surface area (Å²) in [6, 6.07) is 3.42. The zero-order valence-electron chi connectivity index (χ0n) is 6.35. The van der Waals surface area contributed by atoms with E-state index in [0.29, 0.717) is 21.0 Å². The topological polar surface area (TPSA) is 26.0 Å². The molecule has 0 N–H and O–H groups in total. The number of alkyl halides is 1. The third-order valence-corrected chi connectivity index (χ3v) is 2.86. The van der Waals surface area contributed by atoms with Gasteiger partial charge in [0.2, 0.25) is 0 Å². The lowest BCUT2D eigenvalue weighted by atomic mass is 10.2. The van der Waals surface area contributed by atoms with E-state index in [4.69, 9.17) is 27.7 Å². The van der Waals surface area contributed by atoms with E-state index >= 15 is 0 Å². The molecule has 0 saturated carbocycles. The van der Waals surface area contributed by atoms with Gasteiger partial charge in [-0.1, -0.05) is 44.3 Å². The third kappa shape index (κ3) is 1.45. The van der Waals surface area contributed by atoms with E-state index in [1.807, 2.05) is 0 Å². The molecule has 0 spiro atoms. The Kier molecular flexibility index (Phi) is 2.49. The highest BCUT2D eigenvalue weighted by Gasteiger charge is 2.13. The summed E-state index contributed by atoms with van der Waals surface area (Å²) >= 11 is 15.2. The maximum Gasteiger partial charge on any atom is 0.187 e.